The van der Waals surface area contributed by atoms with Crippen molar-refractivity contribution >= 4 is 40.1 Å². The van der Waals surface area contributed by atoms with Crippen molar-refractivity contribution in [2.75, 3.05) is 0 Å². The van der Waals surface area contributed by atoms with Crippen LogP contribution < -0.4 is 10.9 Å². The number of nitrogens with zero attached hydrogens (tertiary/aromatic N) is 1. The SMILES string of the molecule is CC(=O)NNC(=O)c1cc([N+](=O)[O-])ccc1I. The van der Waals surface area contributed by atoms with Gasteiger partial charge in [-0.3, -0.25) is 30.6 Å². The highest BCUT2D eigenvalue weighted by atomic mass is 127. The average Bonchev–Trinajstić information content (AvgIpc) is 2.26. The number of hydrogen-bond donors (Lipinski definition) is 2. The standard InChI is InChI=1S/C9H8IN3O4/c1-5(14)11-12-9(15)7-4-6(13(16)17)2-3-8(7)10/h2-4H,1H3,(H,11,14)(H,12,15). The minimum Gasteiger partial charge on any atom is -0.274 e. The number of halogens is 1. The molecule has 0 bridgehead atoms. The lowest BCUT2D eigenvalue weighted by Crippen LogP contribution is -2.40. The molecule has 90 valence electrons. The van der Waals surface area contributed by atoms with E-state index in [-0.39, 0.29) is 11.3 Å². The van der Waals surface area contributed by atoms with Crippen molar-refractivity contribution in [1.82, 2.24) is 10.9 Å². The topological polar surface area (TPSA) is 101 Å². The summed E-state index contributed by atoms with van der Waals surface area (Å²) in [6.07, 6.45) is 0. The van der Waals surface area contributed by atoms with Crippen LogP contribution in [-0.4, -0.2) is 16.7 Å². The quantitative estimate of drug-likeness (QED) is 0.472. The summed E-state index contributed by atoms with van der Waals surface area (Å²) in [7, 11) is 0. The lowest BCUT2D eigenvalue weighted by atomic mass is 10.2. The molecule has 0 heterocycles. The molecule has 0 atom stereocenters. The molecule has 1 aromatic carbocycles. The zero-order valence-corrected chi connectivity index (χ0v) is 10.8. The average molecular weight is 349 g/mol. The van der Waals surface area contributed by atoms with E-state index in [1.807, 2.05) is 22.6 Å². The van der Waals surface area contributed by atoms with Gasteiger partial charge in [0.2, 0.25) is 5.91 Å². The molecule has 0 aliphatic heterocycles. The molecule has 8 heteroatoms. The van der Waals surface area contributed by atoms with Crippen LogP contribution in [0.3, 0.4) is 0 Å². The van der Waals surface area contributed by atoms with Crippen molar-refractivity contribution in [3.63, 3.8) is 0 Å². The third-order valence-electron chi connectivity index (χ3n) is 1.76. The van der Waals surface area contributed by atoms with Crippen LogP contribution in [0, 0.1) is 13.7 Å². The Balaban J connectivity index is 2.95. The number of carbonyl (C=O) groups excluding carboxylic acids is 2. The number of nitro groups is 1. The van der Waals surface area contributed by atoms with Gasteiger partial charge >= 0.3 is 0 Å². The highest BCUT2D eigenvalue weighted by molar-refractivity contribution is 14.1. The van der Waals surface area contributed by atoms with Crippen LogP contribution in [0.4, 0.5) is 5.69 Å². The Morgan fingerprint density at radius 2 is 2.00 bits per heavy atom. The monoisotopic (exact) mass is 349 g/mol. The summed E-state index contributed by atoms with van der Waals surface area (Å²) < 4.78 is 0.552. The molecule has 0 radical (unpaired) electrons. The van der Waals surface area contributed by atoms with E-state index in [1.165, 1.54) is 19.1 Å². The molecule has 17 heavy (non-hydrogen) atoms. The zero-order chi connectivity index (χ0) is 13.0. The predicted molar refractivity (Wildman–Crippen MR) is 67.1 cm³/mol. The predicted octanol–water partition coefficient (Wildman–Crippen LogP) is 0.980. The Hall–Kier alpha value is -1.71. The molecule has 2 N–H and O–H groups in total. The lowest BCUT2D eigenvalue weighted by molar-refractivity contribution is -0.384. The molecule has 1 rings (SSSR count). The summed E-state index contributed by atoms with van der Waals surface area (Å²) in [4.78, 5) is 32.2. The van der Waals surface area contributed by atoms with E-state index >= 15 is 0 Å². The highest BCUT2D eigenvalue weighted by Crippen LogP contribution is 2.19. The zero-order valence-electron chi connectivity index (χ0n) is 8.69. The van der Waals surface area contributed by atoms with Gasteiger partial charge in [0, 0.05) is 22.6 Å². The number of hydrazine groups is 1. The molecular weight excluding hydrogens is 341 g/mol. The first-order valence-corrected chi connectivity index (χ1v) is 5.50. The Morgan fingerprint density at radius 3 is 2.53 bits per heavy atom. The van der Waals surface area contributed by atoms with Crippen LogP contribution in [0.1, 0.15) is 17.3 Å². The van der Waals surface area contributed by atoms with Gasteiger partial charge in [-0.1, -0.05) is 0 Å². The largest absolute Gasteiger partial charge is 0.274 e. The van der Waals surface area contributed by atoms with Gasteiger partial charge in [0.1, 0.15) is 0 Å². The van der Waals surface area contributed by atoms with Crippen LogP contribution in [0.15, 0.2) is 18.2 Å². The Bertz CT molecular complexity index is 489. The fourth-order valence-corrected chi connectivity index (χ4v) is 1.59. The Kier molecular flexibility index (Phi) is 4.37. The van der Waals surface area contributed by atoms with E-state index < -0.39 is 16.7 Å². The molecular formula is C9H8IN3O4. The van der Waals surface area contributed by atoms with Gasteiger partial charge in [-0.25, -0.2) is 0 Å². The summed E-state index contributed by atoms with van der Waals surface area (Å²) in [6, 6.07) is 3.91. The van der Waals surface area contributed by atoms with Gasteiger partial charge in [-0.15, -0.1) is 0 Å². The fourth-order valence-electron chi connectivity index (χ4n) is 1.01. The summed E-state index contributed by atoms with van der Waals surface area (Å²) in [5, 5.41) is 10.6. The molecule has 0 unspecified atom stereocenters. The molecule has 0 saturated carbocycles. The molecule has 0 aromatic heterocycles. The molecule has 0 fully saturated rings. The first-order valence-electron chi connectivity index (χ1n) is 4.42. The smallest absolute Gasteiger partial charge is 0.271 e. The highest BCUT2D eigenvalue weighted by Gasteiger charge is 2.15. The summed E-state index contributed by atoms with van der Waals surface area (Å²) in [5.74, 6) is -1.04. The van der Waals surface area contributed by atoms with Gasteiger partial charge in [0.15, 0.2) is 0 Å². The molecule has 7 nitrogen and oxygen atoms in total. The minimum absolute atomic E-state index is 0.133. The van der Waals surface area contributed by atoms with Crippen LogP contribution in [0.25, 0.3) is 0 Å². The third-order valence-corrected chi connectivity index (χ3v) is 2.70. The van der Waals surface area contributed by atoms with E-state index in [9.17, 15) is 19.7 Å². The second-order valence-corrected chi connectivity index (χ2v) is 4.22. The molecule has 0 saturated heterocycles. The number of benzene rings is 1. The van der Waals surface area contributed by atoms with Crippen LogP contribution in [-0.2, 0) is 4.79 Å². The molecule has 0 aliphatic rings. The number of non-ortho nitro benzene ring substituents is 1. The Labute approximate surface area is 110 Å². The second-order valence-electron chi connectivity index (χ2n) is 3.06. The van der Waals surface area contributed by atoms with Gasteiger partial charge in [0.25, 0.3) is 11.6 Å². The van der Waals surface area contributed by atoms with E-state index in [0.29, 0.717) is 3.57 Å². The minimum atomic E-state index is -0.603. The number of rotatable bonds is 2. The van der Waals surface area contributed by atoms with Crippen LogP contribution >= 0.6 is 22.6 Å². The number of amides is 2. The lowest BCUT2D eigenvalue weighted by Gasteiger charge is -2.06. The summed E-state index contributed by atoms with van der Waals surface area (Å²) in [6.45, 7) is 1.23. The van der Waals surface area contributed by atoms with Crippen molar-refractivity contribution in [3.05, 3.63) is 37.4 Å². The first-order chi connectivity index (χ1) is 7.91. The Morgan fingerprint density at radius 1 is 1.35 bits per heavy atom. The molecule has 0 spiro atoms. The molecule has 1 aromatic rings. The van der Waals surface area contributed by atoms with E-state index in [0.717, 1.165) is 6.07 Å². The van der Waals surface area contributed by atoms with Gasteiger partial charge < -0.3 is 0 Å². The van der Waals surface area contributed by atoms with Crippen LogP contribution in [0.2, 0.25) is 0 Å². The van der Waals surface area contributed by atoms with Crippen LogP contribution in [0.5, 0.6) is 0 Å². The number of nitrogens with one attached hydrogen (secondary N) is 2. The first kappa shape index (κ1) is 13.4. The van der Waals surface area contributed by atoms with Gasteiger partial charge in [-0.05, 0) is 28.7 Å². The van der Waals surface area contributed by atoms with Gasteiger partial charge in [-0.2, -0.15) is 0 Å². The molecule has 0 aliphatic carbocycles. The maximum atomic E-state index is 11.6. The third kappa shape index (κ3) is 3.66. The second kappa shape index (κ2) is 5.57. The van der Waals surface area contributed by atoms with Crippen molar-refractivity contribution in [2.24, 2.45) is 0 Å². The van der Waals surface area contributed by atoms with Crippen molar-refractivity contribution in [3.8, 4) is 0 Å². The summed E-state index contributed by atoms with van der Waals surface area (Å²) in [5.41, 5.74) is 4.20. The maximum absolute atomic E-state index is 11.6. The number of carbonyl (C=O) groups is 2. The number of nitro benzene ring substituents is 1. The molecule has 2 amide bonds. The van der Waals surface area contributed by atoms with E-state index in [4.69, 9.17) is 0 Å². The summed E-state index contributed by atoms with van der Waals surface area (Å²) >= 11 is 1.88. The van der Waals surface area contributed by atoms with E-state index in [2.05, 4.69) is 10.9 Å². The normalized spacial score (nSPS) is 9.53. The fraction of sp³-hybridized carbons (Fsp3) is 0.111. The van der Waals surface area contributed by atoms with Crippen molar-refractivity contribution in [1.29, 1.82) is 0 Å². The number of hydrogen-bond acceptors (Lipinski definition) is 4. The maximum Gasteiger partial charge on any atom is 0.271 e. The van der Waals surface area contributed by atoms with Crippen molar-refractivity contribution in [2.45, 2.75) is 6.92 Å². The van der Waals surface area contributed by atoms with Gasteiger partial charge in [0.05, 0.1) is 10.5 Å². The van der Waals surface area contributed by atoms with Crippen molar-refractivity contribution < 1.29 is 14.5 Å². The van der Waals surface area contributed by atoms with E-state index in [1.54, 1.807) is 0 Å².